The number of phosphoric ester groups is 1. The van der Waals surface area contributed by atoms with Crippen LogP contribution >= 0.6 is 7.82 Å². The number of hydrogen-bond acceptors (Lipinski definition) is 7. The Morgan fingerprint density at radius 3 is 0.970 bits per heavy atom. The summed E-state index contributed by atoms with van der Waals surface area (Å²) in [5, 5.41) is 0. The number of nitrogens with zero attached hydrogens (tertiary/aromatic N) is 1. The van der Waals surface area contributed by atoms with Crippen LogP contribution in [0.2, 0.25) is 0 Å². The molecule has 0 aromatic rings. The van der Waals surface area contributed by atoms with Crippen LogP contribution in [0, 0.1) is 0 Å². The highest BCUT2D eigenvalue weighted by atomic mass is 31.2. The molecule has 0 aromatic heterocycles. The van der Waals surface area contributed by atoms with E-state index in [1.807, 2.05) is 21.1 Å². The number of phosphoric acid groups is 1. The average Bonchev–Trinajstić information content (AvgIpc) is 3.27. The molecule has 0 radical (unpaired) electrons. The first-order chi connectivity index (χ1) is 32.0. The summed E-state index contributed by atoms with van der Waals surface area (Å²) in [7, 11) is 1.50. The van der Waals surface area contributed by atoms with Gasteiger partial charge in [0.05, 0.1) is 27.7 Å². The fraction of sp³-hybridized carbons (Fsp3) is 0.964. The van der Waals surface area contributed by atoms with Crippen LogP contribution in [0.1, 0.15) is 296 Å². The molecule has 9 nitrogen and oxygen atoms in total. The van der Waals surface area contributed by atoms with E-state index in [0.29, 0.717) is 17.4 Å². The third-order valence-corrected chi connectivity index (χ3v) is 14.1. The smallest absolute Gasteiger partial charge is 0.462 e. The highest BCUT2D eigenvalue weighted by Gasteiger charge is 2.27. The second kappa shape index (κ2) is 49.0. The maximum atomic E-state index is 12.8. The van der Waals surface area contributed by atoms with Gasteiger partial charge >= 0.3 is 19.8 Å². The molecule has 0 saturated heterocycles. The van der Waals surface area contributed by atoms with E-state index in [0.717, 1.165) is 38.5 Å². The zero-order valence-corrected chi connectivity index (χ0v) is 45.6. The van der Waals surface area contributed by atoms with Gasteiger partial charge < -0.3 is 18.9 Å². The molecule has 2 atom stereocenters. The van der Waals surface area contributed by atoms with Gasteiger partial charge in [0.25, 0.3) is 0 Å². The molecule has 10 heteroatoms. The number of carbonyl (C=O) groups is 2. The zero-order valence-electron chi connectivity index (χ0n) is 44.7. The molecule has 2 unspecified atom stereocenters. The summed E-state index contributed by atoms with van der Waals surface area (Å²) >= 11 is 0. The predicted octanol–water partition coefficient (Wildman–Crippen LogP) is 17.5. The topological polar surface area (TPSA) is 108 Å². The van der Waals surface area contributed by atoms with Crippen LogP contribution in [-0.4, -0.2) is 74.9 Å². The summed E-state index contributed by atoms with van der Waals surface area (Å²) in [6, 6.07) is 0. The minimum Gasteiger partial charge on any atom is -0.462 e. The van der Waals surface area contributed by atoms with E-state index in [1.54, 1.807) is 0 Å². The number of ether oxygens (including phenoxy) is 2. The van der Waals surface area contributed by atoms with Crippen LogP contribution in [0.3, 0.4) is 0 Å². The Morgan fingerprint density at radius 1 is 0.409 bits per heavy atom. The number of esters is 2. The van der Waals surface area contributed by atoms with E-state index >= 15 is 0 Å². The standard InChI is InChI=1S/C56H112NO8P/c1-6-8-10-12-14-16-18-20-22-24-25-26-27-28-29-30-31-32-33-35-37-39-41-43-45-47-49-56(59)65-54(53-64-66(60,61)63-51-50-57(3,4)5)52-62-55(58)48-46-44-42-40-38-36-34-23-21-19-17-15-13-11-9-7-2/h54H,6-53H2,1-5H3/p+1. The van der Waals surface area contributed by atoms with Gasteiger partial charge in [0.15, 0.2) is 6.10 Å². The lowest BCUT2D eigenvalue weighted by molar-refractivity contribution is -0.870. The van der Waals surface area contributed by atoms with E-state index in [-0.39, 0.29) is 25.6 Å². The zero-order chi connectivity index (χ0) is 48.5. The van der Waals surface area contributed by atoms with E-state index in [4.69, 9.17) is 18.5 Å². The number of rotatable bonds is 54. The highest BCUT2D eigenvalue weighted by Crippen LogP contribution is 2.43. The van der Waals surface area contributed by atoms with Gasteiger partial charge in [-0.2, -0.15) is 0 Å². The Bertz CT molecular complexity index is 1080. The number of unbranched alkanes of at least 4 members (excludes halogenated alkanes) is 40. The van der Waals surface area contributed by atoms with Gasteiger partial charge in [-0.05, 0) is 12.8 Å². The maximum absolute atomic E-state index is 12.8. The predicted molar refractivity (Wildman–Crippen MR) is 280 cm³/mol. The van der Waals surface area contributed by atoms with Crippen molar-refractivity contribution >= 4 is 19.8 Å². The Hall–Kier alpha value is -0.990. The molecule has 0 heterocycles. The van der Waals surface area contributed by atoms with Crippen LogP contribution in [0.4, 0.5) is 0 Å². The van der Waals surface area contributed by atoms with Crippen molar-refractivity contribution in [3.8, 4) is 0 Å². The Balaban J connectivity index is 4.08. The summed E-state index contributed by atoms with van der Waals surface area (Å²) in [5.74, 6) is -0.774. The van der Waals surface area contributed by atoms with Gasteiger partial charge in [-0.25, -0.2) is 4.57 Å². The first-order valence-electron chi connectivity index (χ1n) is 28.8. The van der Waals surface area contributed by atoms with Crippen molar-refractivity contribution in [1.29, 1.82) is 0 Å². The molecule has 0 fully saturated rings. The third-order valence-electron chi connectivity index (χ3n) is 13.1. The Morgan fingerprint density at radius 2 is 0.682 bits per heavy atom. The first-order valence-corrected chi connectivity index (χ1v) is 30.3. The largest absolute Gasteiger partial charge is 0.472 e. The van der Waals surface area contributed by atoms with Crippen LogP contribution in [0.15, 0.2) is 0 Å². The lowest BCUT2D eigenvalue weighted by Gasteiger charge is -2.24. The third kappa shape index (κ3) is 52.4. The summed E-state index contributed by atoms with van der Waals surface area (Å²) in [6.07, 6.45) is 54.6. The molecule has 394 valence electrons. The first kappa shape index (κ1) is 65.0. The fourth-order valence-corrected chi connectivity index (χ4v) is 9.41. The van der Waals surface area contributed by atoms with Crippen molar-refractivity contribution in [1.82, 2.24) is 0 Å². The van der Waals surface area contributed by atoms with E-state index < -0.39 is 26.5 Å². The number of quaternary nitrogens is 1. The molecule has 1 N–H and O–H groups in total. The monoisotopic (exact) mass is 959 g/mol. The number of hydrogen-bond donors (Lipinski definition) is 1. The summed E-state index contributed by atoms with van der Waals surface area (Å²) in [5.41, 5.74) is 0. The van der Waals surface area contributed by atoms with E-state index in [1.165, 1.54) is 231 Å². The molecule has 66 heavy (non-hydrogen) atoms. The molecule has 0 bridgehead atoms. The van der Waals surface area contributed by atoms with E-state index in [9.17, 15) is 19.0 Å². The van der Waals surface area contributed by atoms with E-state index in [2.05, 4.69) is 13.8 Å². The van der Waals surface area contributed by atoms with Gasteiger partial charge in [0, 0.05) is 12.8 Å². The molecular weight excluding hydrogens is 846 g/mol. The molecule has 0 amide bonds. The van der Waals surface area contributed by atoms with Gasteiger partial charge in [-0.1, -0.05) is 271 Å². The minimum absolute atomic E-state index is 0.0373. The van der Waals surface area contributed by atoms with Crippen molar-refractivity contribution < 1.29 is 42.1 Å². The van der Waals surface area contributed by atoms with Crippen molar-refractivity contribution in [3.05, 3.63) is 0 Å². The Kier molecular flexibility index (Phi) is 48.3. The van der Waals surface area contributed by atoms with Crippen LogP contribution in [0.25, 0.3) is 0 Å². The summed E-state index contributed by atoms with van der Waals surface area (Å²) in [6.45, 7) is 4.50. The average molecular weight is 959 g/mol. The normalized spacial score (nSPS) is 13.2. The molecule has 0 spiro atoms. The highest BCUT2D eigenvalue weighted by molar-refractivity contribution is 7.47. The van der Waals surface area contributed by atoms with Crippen LogP contribution in [0.5, 0.6) is 0 Å². The lowest BCUT2D eigenvalue weighted by Crippen LogP contribution is -2.37. The fourth-order valence-electron chi connectivity index (χ4n) is 8.67. The van der Waals surface area contributed by atoms with Crippen LogP contribution in [-0.2, 0) is 32.7 Å². The summed E-state index contributed by atoms with van der Waals surface area (Å²) in [4.78, 5) is 35.6. The quantitative estimate of drug-likeness (QED) is 0.0278. The number of likely N-dealkylation sites (N-methyl/N-ethyl adjacent to an activating group) is 1. The lowest BCUT2D eigenvalue weighted by atomic mass is 10.0. The summed E-state index contributed by atoms with van der Waals surface area (Å²) < 4.78 is 34.6. The second-order valence-electron chi connectivity index (χ2n) is 21.0. The minimum atomic E-state index is -4.37. The van der Waals surface area contributed by atoms with Gasteiger partial charge in [0.2, 0.25) is 0 Å². The molecule has 0 saturated carbocycles. The molecule has 0 aliphatic heterocycles. The molecular formula is C56H113NO8P+. The van der Waals surface area contributed by atoms with Gasteiger partial charge in [-0.15, -0.1) is 0 Å². The molecule has 0 aliphatic carbocycles. The van der Waals surface area contributed by atoms with Crippen molar-refractivity contribution in [2.75, 3.05) is 47.5 Å². The maximum Gasteiger partial charge on any atom is 0.472 e. The van der Waals surface area contributed by atoms with Crippen molar-refractivity contribution in [3.63, 3.8) is 0 Å². The SMILES string of the molecule is CCCCCCCCCCCCCCCCCCCCCCCCCCCCC(=O)OC(COC(=O)CCCCCCCCCCCCCCCCCC)COP(=O)(O)OCC[N+](C)(C)C. The Labute approximate surface area is 410 Å². The molecule has 0 aromatic carbocycles. The molecule has 0 aliphatic rings. The van der Waals surface area contributed by atoms with Gasteiger partial charge in [-0.3, -0.25) is 18.6 Å². The second-order valence-corrected chi connectivity index (χ2v) is 22.5. The molecule has 0 rings (SSSR count). The van der Waals surface area contributed by atoms with Gasteiger partial charge in [0.1, 0.15) is 19.8 Å². The van der Waals surface area contributed by atoms with Crippen molar-refractivity contribution in [2.24, 2.45) is 0 Å². The van der Waals surface area contributed by atoms with Crippen LogP contribution < -0.4 is 0 Å². The number of carbonyl (C=O) groups excluding carboxylic acids is 2. The van der Waals surface area contributed by atoms with Crippen molar-refractivity contribution in [2.45, 2.75) is 302 Å².